The largest absolute Gasteiger partial charge is 0.489 e. The number of nitrogens with two attached hydrogens (primary N) is 1. The third-order valence-electron chi connectivity index (χ3n) is 12.8. The standard InChI is InChI=1S/C25H25F3N2O6.C15H18N6O6S.C14H10F4N4O7S.C5H12NO4P/c1-5-16-6-7-17(20(12-16)36-15(2)23(32)34-4)14-35-19-10-8-18(9-11-19)30-22(31)13-21(25(26,27)28)29(3)24(30)33;1-21(2)13(22)9-6-5-7-16-12(9)28(24,25)20-15(23)19-14-17-10(26-3)8-11(18-14)27-4;15-11(16)28-8-5-9(29-12(17)18)20-13(19-8)21-14(25)22-30(26,27)7-4-2-1-3-6(7)10(23)24;1-11(9,10)3-2-4(6)5(7)8/h6-13,15H,5,14H2,1-4H3;5-8H,1-4H3,(H2,17,18,19,20,23);1-5,11-12H,(H,23,24)(H2,19,20,21,22,25);4H,2-3,6H2,1H3,(H,7,8)(H,9,10). The van der Waals surface area contributed by atoms with Gasteiger partial charge in [-0.25, -0.2) is 51.4 Å². The summed E-state index contributed by atoms with van der Waals surface area (Å²) in [5.41, 5.74) is 2.46. The first kappa shape index (κ1) is 85.8. The zero-order chi connectivity index (χ0) is 79.1. The summed E-state index contributed by atoms with van der Waals surface area (Å²) in [6.07, 6.45) is -3.72. The second-order valence-electron chi connectivity index (χ2n) is 20.8. The number of nitrogens with one attached hydrogen (secondary N) is 4. The number of aromatic nitrogens is 7. The molecule has 0 spiro atoms. The van der Waals surface area contributed by atoms with Crippen LogP contribution in [0.1, 0.15) is 57.8 Å². The number of carbonyl (C=O) groups is 6. The molecule has 0 aliphatic rings. The van der Waals surface area contributed by atoms with Crippen molar-refractivity contribution in [1.29, 1.82) is 0 Å². The van der Waals surface area contributed by atoms with Crippen LogP contribution in [0.15, 0.2) is 123 Å². The van der Waals surface area contributed by atoms with Gasteiger partial charge < -0.3 is 58.9 Å². The van der Waals surface area contributed by atoms with Gasteiger partial charge in [0, 0.05) is 51.8 Å². The molecule has 7 aromatic rings. The van der Waals surface area contributed by atoms with E-state index in [0.717, 1.165) is 31.2 Å². The van der Waals surface area contributed by atoms with Crippen LogP contribution < -0.4 is 65.5 Å². The topological polar surface area (TPSA) is 499 Å². The minimum absolute atomic E-state index is 0.0412. The van der Waals surface area contributed by atoms with E-state index in [0.29, 0.717) is 38.3 Å². The molecule has 3 unspecified atom stereocenters. The fraction of sp³-hybridized carbons (Fsp3) is 0.305. The Morgan fingerprint density at radius 3 is 1.73 bits per heavy atom. The first-order valence-electron chi connectivity index (χ1n) is 29.1. The second kappa shape index (κ2) is 38.1. The molecule has 7 rings (SSSR count). The summed E-state index contributed by atoms with van der Waals surface area (Å²) in [6.45, 7) is -2.00. The summed E-state index contributed by atoms with van der Waals surface area (Å²) >= 11 is 0. The molecule has 0 aliphatic heterocycles. The average molecular weight is 1550 g/mol. The van der Waals surface area contributed by atoms with E-state index in [9.17, 15) is 90.5 Å². The minimum atomic E-state index is -4.84. The highest BCUT2D eigenvalue weighted by molar-refractivity contribution is 7.90. The van der Waals surface area contributed by atoms with E-state index in [-0.39, 0.29) is 48.1 Å². The van der Waals surface area contributed by atoms with Crippen molar-refractivity contribution in [2.75, 3.05) is 58.9 Å². The average Bonchev–Trinajstić information content (AvgIpc) is 0.784. The highest BCUT2D eigenvalue weighted by atomic mass is 32.2. The molecule has 570 valence electrons. The van der Waals surface area contributed by atoms with Crippen molar-refractivity contribution < 1.29 is 129 Å². The van der Waals surface area contributed by atoms with Gasteiger partial charge in [-0.15, -0.1) is 0 Å². The summed E-state index contributed by atoms with van der Waals surface area (Å²) in [6, 6.07) is 16.8. The summed E-state index contributed by atoms with van der Waals surface area (Å²) in [5, 5.41) is 20.6. The smallest absolute Gasteiger partial charge is 0.431 e. The number of aliphatic carboxylic acids is 1. The predicted octanol–water partition coefficient (Wildman–Crippen LogP) is 5.31. The number of ether oxygens (including phenoxy) is 7. The molecule has 9 N–H and O–H groups in total. The molecule has 0 aliphatic carbocycles. The van der Waals surface area contributed by atoms with E-state index in [1.54, 1.807) is 17.0 Å². The number of carbonyl (C=O) groups excluding carboxylic acids is 4. The summed E-state index contributed by atoms with van der Waals surface area (Å²) < 4.78 is 187. The number of esters is 1. The van der Waals surface area contributed by atoms with Gasteiger partial charge in [-0.05, 0) is 79.9 Å². The van der Waals surface area contributed by atoms with Crippen molar-refractivity contribution in [2.24, 2.45) is 12.8 Å². The number of alkyl halides is 7. The number of anilines is 2. The van der Waals surface area contributed by atoms with Crippen LogP contribution in [-0.2, 0) is 65.2 Å². The van der Waals surface area contributed by atoms with Gasteiger partial charge in [-0.3, -0.25) is 34.1 Å². The SMILES string of the molecule is CCc1ccc(COc2ccc(-n3c(=O)cc(C(F)(F)F)n(C)c3=O)cc2)c(OC(C)C(=O)OC)c1.COc1cc(OC)nc(NC(=O)NS(=O)(=O)c2ncccc2C(=O)N(C)C)n1.CP(=O)(O)CCC(N)C(=O)O.O=C(Nc1nc(OC(F)F)cc(OC(F)F)n1)NS(=O)(=O)c1ccccc1C(=O)O. The maximum Gasteiger partial charge on any atom is 0.431 e. The highest BCUT2D eigenvalue weighted by Gasteiger charge is 2.35. The van der Waals surface area contributed by atoms with Crippen molar-refractivity contribution >= 4 is 75.2 Å². The normalized spacial score (nSPS) is 12.2. The number of sulfonamides is 2. The van der Waals surface area contributed by atoms with Gasteiger partial charge in [0.2, 0.25) is 35.4 Å². The van der Waals surface area contributed by atoms with Crippen LogP contribution in [0, 0.1) is 0 Å². The number of aryl methyl sites for hydroxylation is 1. The van der Waals surface area contributed by atoms with E-state index >= 15 is 0 Å². The lowest BCUT2D eigenvalue weighted by Gasteiger charge is -2.17. The predicted molar refractivity (Wildman–Crippen MR) is 350 cm³/mol. The Labute approximate surface area is 589 Å². The number of amides is 5. The number of halogens is 7. The number of rotatable bonds is 26. The molecule has 0 radical (unpaired) electrons. The highest BCUT2D eigenvalue weighted by Crippen LogP contribution is 2.36. The number of carboxylic acids is 2. The number of methoxy groups -OCH3 is 3. The number of carboxylic acid groups (broad SMARTS) is 2. The van der Waals surface area contributed by atoms with Crippen LogP contribution in [0.4, 0.5) is 52.2 Å². The molecule has 0 fully saturated rings. The Bertz CT molecular complexity index is 4620. The summed E-state index contributed by atoms with van der Waals surface area (Å²) in [7, 11) is -4.45. The number of benzene rings is 3. The first-order valence-corrected chi connectivity index (χ1v) is 34.4. The Kier molecular flexibility index (Phi) is 31.1. The Morgan fingerprint density at radius 2 is 1.25 bits per heavy atom. The molecule has 0 bridgehead atoms. The molecule has 3 atom stereocenters. The van der Waals surface area contributed by atoms with Crippen molar-refractivity contribution in [3.05, 3.63) is 152 Å². The number of aromatic carboxylic acids is 1. The van der Waals surface area contributed by atoms with Crippen LogP contribution in [-0.4, -0.2) is 180 Å². The number of urea groups is 2. The molecule has 4 heterocycles. The van der Waals surface area contributed by atoms with E-state index in [2.05, 4.69) is 39.7 Å². The maximum atomic E-state index is 13.1. The fourth-order valence-corrected chi connectivity index (χ4v) is 10.8. The lowest BCUT2D eigenvalue weighted by molar-refractivity contribution is -0.148. The molecule has 0 saturated heterocycles. The third kappa shape index (κ3) is 26.6. The number of hydrogen-bond donors (Lipinski definition) is 8. The molecule has 105 heavy (non-hydrogen) atoms. The van der Waals surface area contributed by atoms with Gasteiger partial charge in [0.25, 0.3) is 31.5 Å². The molecule has 4 aromatic heterocycles. The number of hydrogen-bond acceptors (Lipinski definition) is 26. The molecule has 3 aromatic carbocycles. The Hall–Kier alpha value is -11.6. The zero-order valence-electron chi connectivity index (χ0n) is 56.0. The van der Waals surface area contributed by atoms with Crippen LogP contribution >= 0.6 is 7.37 Å². The van der Waals surface area contributed by atoms with Crippen LogP contribution in [0.5, 0.6) is 35.0 Å². The van der Waals surface area contributed by atoms with Crippen molar-refractivity contribution in [3.8, 4) is 40.7 Å². The summed E-state index contributed by atoms with van der Waals surface area (Å²) in [4.78, 5) is 121. The van der Waals surface area contributed by atoms with Crippen molar-refractivity contribution in [2.45, 2.75) is 74.8 Å². The lowest BCUT2D eigenvalue weighted by Crippen LogP contribution is -2.40. The minimum Gasteiger partial charge on any atom is -0.489 e. The zero-order valence-corrected chi connectivity index (χ0v) is 58.6. The quantitative estimate of drug-likeness (QED) is 0.0193. The monoisotopic (exact) mass is 1550 g/mol. The van der Waals surface area contributed by atoms with E-state index < -0.39 is 145 Å². The second-order valence-corrected chi connectivity index (χ2v) is 26.6. The third-order valence-corrected chi connectivity index (χ3v) is 16.6. The molecule has 5 amide bonds. The fourth-order valence-electron chi connectivity index (χ4n) is 7.86. The lowest BCUT2D eigenvalue weighted by atomic mass is 10.1. The molecule has 46 heteroatoms. The number of pyridine rings is 1. The maximum absolute atomic E-state index is 13.1. The molecule has 0 saturated carbocycles. The summed E-state index contributed by atoms with van der Waals surface area (Å²) in [5.74, 6) is -5.94. The van der Waals surface area contributed by atoms with Crippen molar-refractivity contribution in [1.82, 2.24) is 48.4 Å². The van der Waals surface area contributed by atoms with Crippen LogP contribution in [0.3, 0.4) is 0 Å². The molecule has 36 nitrogen and oxygen atoms in total. The van der Waals surface area contributed by atoms with Gasteiger partial charge in [0.15, 0.2) is 18.5 Å². The van der Waals surface area contributed by atoms with Gasteiger partial charge >= 0.3 is 55.1 Å². The van der Waals surface area contributed by atoms with E-state index in [1.807, 2.05) is 25.1 Å². The molecular formula is C59H65F7N13O23PS2. The molecular weight excluding hydrogens is 1490 g/mol. The van der Waals surface area contributed by atoms with Crippen molar-refractivity contribution in [3.63, 3.8) is 0 Å². The van der Waals surface area contributed by atoms with Gasteiger partial charge in [0.1, 0.15) is 34.7 Å². The first-order chi connectivity index (χ1) is 48.9. The Balaban J connectivity index is 0.000000313. The van der Waals surface area contributed by atoms with E-state index in [1.165, 1.54) is 113 Å². The van der Waals surface area contributed by atoms with E-state index in [4.69, 9.17) is 44.5 Å². The Morgan fingerprint density at radius 1 is 0.724 bits per heavy atom. The van der Waals surface area contributed by atoms with Gasteiger partial charge in [-0.2, -0.15) is 59.1 Å². The number of nitrogens with zero attached hydrogens (tertiary/aromatic N) is 8. The van der Waals surface area contributed by atoms with Gasteiger partial charge in [0.05, 0.1) is 50.3 Å². The van der Waals surface area contributed by atoms with Gasteiger partial charge in [-0.1, -0.05) is 31.2 Å². The van der Waals surface area contributed by atoms with Crippen LogP contribution in [0.2, 0.25) is 0 Å². The van der Waals surface area contributed by atoms with Crippen LogP contribution in [0.25, 0.3) is 5.69 Å².